The van der Waals surface area contributed by atoms with Crippen molar-refractivity contribution in [3.63, 3.8) is 0 Å². The predicted molar refractivity (Wildman–Crippen MR) is 102 cm³/mol. The summed E-state index contributed by atoms with van der Waals surface area (Å²) < 4.78 is 37.6. The summed E-state index contributed by atoms with van der Waals surface area (Å²) in [6.07, 6.45) is 1.93. The van der Waals surface area contributed by atoms with Crippen LogP contribution in [0.3, 0.4) is 0 Å². The van der Waals surface area contributed by atoms with Gasteiger partial charge in [0.1, 0.15) is 24.3 Å². The molecule has 2 nitrogen and oxygen atoms in total. The Morgan fingerprint density at radius 1 is 0.852 bits per heavy atom. The number of halogens is 2. The standard InChI is InChI=1S/C23H16F2NO/c1-13-11-17(25)22-21-15-8-4-3-7-14(15)16(24)12-19(21)27-23(22)20(13)18-9-5-6-10-26(18)2/h3-12H,1-2H3/q+1. The van der Waals surface area contributed by atoms with Crippen molar-refractivity contribution in [3.8, 4) is 11.3 Å². The molecule has 4 heteroatoms. The Labute approximate surface area is 154 Å². The molecule has 2 aromatic heterocycles. The van der Waals surface area contributed by atoms with Gasteiger partial charge < -0.3 is 4.42 Å². The van der Waals surface area contributed by atoms with Gasteiger partial charge in [-0.15, -0.1) is 0 Å². The van der Waals surface area contributed by atoms with Crippen LogP contribution in [0, 0.1) is 18.6 Å². The molecule has 2 heterocycles. The van der Waals surface area contributed by atoms with E-state index in [1.54, 1.807) is 18.2 Å². The molecule has 0 bridgehead atoms. The minimum absolute atomic E-state index is 0.352. The summed E-state index contributed by atoms with van der Waals surface area (Å²) in [5.74, 6) is -0.735. The van der Waals surface area contributed by atoms with Crippen molar-refractivity contribution < 1.29 is 17.8 Å². The van der Waals surface area contributed by atoms with Crippen LogP contribution in [0.5, 0.6) is 0 Å². The number of hydrogen-bond donors (Lipinski definition) is 0. The molecule has 0 aliphatic carbocycles. The van der Waals surface area contributed by atoms with Gasteiger partial charge in [0.15, 0.2) is 11.8 Å². The highest BCUT2D eigenvalue weighted by molar-refractivity contribution is 6.21. The number of pyridine rings is 1. The molecule has 0 aliphatic heterocycles. The Morgan fingerprint density at radius 2 is 1.59 bits per heavy atom. The lowest BCUT2D eigenvalue weighted by Gasteiger charge is -2.06. The normalized spacial score (nSPS) is 11.7. The minimum Gasteiger partial charge on any atom is -0.455 e. The van der Waals surface area contributed by atoms with Crippen molar-refractivity contribution in [2.75, 3.05) is 0 Å². The number of rotatable bonds is 1. The summed E-state index contributed by atoms with van der Waals surface area (Å²) in [5, 5.41) is 2.11. The maximum Gasteiger partial charge on any atom is 0.216 e. The first-order chi connectivity index (χ1) is 13.1. The molecular weight excluding hydrogens is 344 g/mol. The molecule has 0 atom stereocenters. The Morgan fingerprint density at radius 3 is 2.37 bits per heavy atom. The van der Waals surface area contributed by atoms with Crippen molar-refractivity contribution in [2.45, 2.75) is 6.92 Å². The lowest BCUT2D eigenvalue weighted by atomic mass is 9.98. The fourth-order valence-electron chi connectivity index (χ4n) is 3.94. The van der Waals surface area contributed by atoms with E-state index < -0.39 is 0 Å². The maximum atomic E-state index is 15.1. The zero-order valence-corrected chi connectivity index (χ0v) is 14.9. The molecule has 5 rings (SSSR count). The zero-order valence-electron chi connectivity index (χ0n) is 14.9. The number of aromatic nitrogens is 1. The van der Waals surface area contributed by atoms with E-state index in [0.717, 1.165) is 16.8 Å². The van der Waals surface area contributed by atoms with E-state index in [4.69, 9.17) is 4.42 Å². The Balaban J connectivity index is 2.05. The molecule has 5 aromatic rings. The average molecular weight is 360 g/mol. The summed E-state index contributed by atoms with van der Waals surface area (Å²) >= 11 is 0. The van der Waals surface area contributed by atoms with Crippen molar-refractivity contribution in [2.24, 2.45) is 7.05 Å². The SMILES string of the molecule is Cc1cc(F)c2c(oc3cc(F)c4ccccc4c32)c1-c1cccc[n+]1C. The first kappa shape index (κ1) is 15.9. The van der Waals surface area contributed by atoms with Crippen LogP contribution in [-0.2, 0) is 7.05 Å². The molecule has 0 spiro atoms. The van der Waals surface area contributed by atoms with Gasteiger partial charge in [-0.05, 0) is 30.0 Å². The largest absolute Gasteiger partial charge is 0.455 e. The highest BCUT2D eigenvalue weighted by Gasteiger charge is 2.24. The van der Waals surface area contributed by atoms with Gasteiger partial charge in [-0.2, -0.15) is 0 Å². The quantitative estimate of drug-likeness (QED) is 0.344. The average Bonchev–Trinajstić information content (AvgIpc) is 3.03. The predicted octanol–water partition coefficient (Wildman–Crippen LogP) is 5.82. The fourth-order valence-corrected chi connectivity index (χ4v) is 3.94. The van der Waals surface area contributed by atoms with E-state index in [2.05, 4.69) is 0 Å². The van der Waals surface area contributed by atoms with E-state index in [1.807, 2.05) is 49.0 Å². The lowest BCUT2D eigenvalue weighted by Crippen LogP contribution is -2.30. The third kappa shape index (κ3) is 2.19. The molecule has 0 radical (unpaired) electrons. The number of hydrogen-bond acceptors (Lipinski definition) is 1. The highest BCUT2D eigenvalue weighted by Crippen LogP contribution is 2.41. The van der Waals surface area contributed by atoms with Gasteiger partial charge in [-0.1, -0.05) is 24.3 Å². The topological polar surface area (TPSA) is 17.0 Å². The van der Waals surface area contributed by atoms with Gasteiger partial charge in [-0.25, -0.2) is 13.3 Å². The molecule has 27 heavy (non-hydrogen) atoms. The Hall–Kier alpha value is -3.27. The molecular formula is C23H16F2NO+. The van der Waals surface area contributed by atoms with E-state index in [-0.39, 0.29) is 11.6 Å². The first-order valence-corrected chi connectivity index (χ1v) is 8.74. The second-order valence-corrected chi connectivity index (χ2v) is 6.83. The summed E-state index contributed by atoms with van der Waals surface area (Å²) in [6, 6.07) is 15.8. The highest BCUT2D eigenvalue weighted by atomic mass is 19.1. The van der Waals surface area contributed by atoms with E-state index in [0.29, 0.717) is 32.7 Å². The third-order valence-corrected chi connectivity index (χ3v) is 5.16. The summed E-state index contributed by atoms with van der Waals surface area (Å²) in [4.78, 5) is 0. The number of fused-ring (bicyclic) bond motifs is 5. The van der Waals surface area contributed by atoms with Crippen LogP contribution in [-0.4, -0.2) is 0 Å². The van der Waals surface area contributed by atoms with Gasteiger partial charge in [-0.3, -0.25) is 0 Å². The van der Waals surface area contributed by atoms with E-state index in [9.17, 15) is 4.39 Å². The lowest BCUT2D eigenvalue weighted by molar-refractivity contribution is -0.660. The van der Waals surface area contributed by atoms with Crippen LogP contribution in [0.15, 0.2) is 65.2 Å². The third-order valence-electron chi connectivity index (χ3n) is 5.16. The summed E-state index contributed by atoms with van der Waals surface area (Å²) in [7, 11) is 1.93. The summed E-state index contributed by atoms with van der Waals surface area (Å²) in [6.45, 7) is 1.86. The van der Waals surface area contributed by atoms with Crippen molar-refractivity contribution in [1.29, 1.82) is 0 Å². The van der Waals surface area contributed by atoms with Crippen LogP contribution < -0.4 is 4.57 Å². The molecule has 0 aliphatic rings. The Kier molecular flexibility index (Phi) is 3.31. The minimum atomic E-state index is -0.374. The maximum absolute atomic E-state index is 15.1. The molecule has 0 saturated heterocycles. The zero-order chi connectivity index (χ0) is 18.7. The van der Waals surface area contributed by atoms with Crippen LogP contribution in [0.4, 0.5) is 8.78 Å². The number of benzene rings is 3. The number of nitrogens with zero attached hydrogens (tertiary/aromatic N) is 1. The van der Waals surface area contributed by atoms with Crippen molar-refractivity contribution >= 4 is 32.7 Å². The van der Waals surface area contributed by atoms with Gasteiger partial charge in [0.05, 0.1) is 10.9 Å². The van der Waals surface area contributed by atoms with Crippen LogP contribution in [0.1, 0.15) is 5.56 Å². The Bertz CT molecular complexity index is 1370. The molecule has 0 amide bonds. The first-order valence-electron chi connectivity index (χ1n) is 8.74. The van der Waals surface area contributed by atoms with E-state index in [1.165, 1.54) is 12.1 Å². The van der Waals surface area contributed by atoms with Crippen LogP contribution >= 0.6 is 0 Å². The number of furan rings is 1. The van der Waals surface area contributed by atoms with Gasteiger partial charge >= 0.3 is 0 Å². The molecule has 3 aromatic carbocycles. The van der Waals surface area contributed by atoms with Crippen molar-refractivity contribution in [1.82, 2.24) is 0 Å². The van der Waals surface area contributed by atoms with Crippen LogP contribution in [0.2, 0.25) is 0 Å². The van der Waals surface area contributed by atoms with Gasteiger partial charge in [0.2, 0.25) is 5.69 Å². The molecule has 0 N–H and O–H groups in total. The van der Waals surface area contributed by atoms with Gasteiger partial charge in [0, 0.05) is 29.0 Å². The molecule has 0 saturated carbocycles. The van der Waals surface area contributed by atoms with E-state index >= 15 is 4.39 Å². The second kappa shape index (κ2) is 5.61. The smallest absolute Gasteiger partial charge is 0.216 e. The molecule has 0 unspecified atom stereocenters. The molecule has 0 fully saturated rings. The second-order valence-electron chi connectivity index (χ2n) is 6.83. The molecule has 132 valence electrons. The van der Waals surface area contributed by atoms with Crippen LogP contribution in [0.25, 0.3) is 44.0 Å². The van der Waals surface area contributed by atoms with Gasteiger partial charge in [0.25, 0.3) is 0 Å². The van der Waals surface area contributed by atoms with Crippen molar-refractivity contribution in [3.05, 3.63) is 78.0 Å². The number of aryl methyl sites for hydroxylation is 2. The monoisotopic (exact) mass is 360 g/mol. The summed E-state index contributed by atoms with van der Waals surface area (Å²) in [5.41, 5.74) is 3.29. The fraction of sp³-hybridized carbons (Fsp3) is 0.0870.